The summed E-state index contributed by atoms with van der Waals surface area (Å²) < 4.78 is 0. The van der Waals surface area contributed by atoms with Gasteiger partial charge in [-0.1, -0.05) is 18.5 Å². The van der Waals surface area contributed by atoms with E-state index in [9.17, 15) is 0 Å². The van der Waals surface area contributed by atoms with E-state index in [0.717, 1.165) is 12.0 Å². The van der Waals surface area contributed by atoms with Crippen molar-refractivity contribution in [2.45, 2.75) is 19.4 Å². The standard InChI is InChI=1S/C7H11ClN2/c1-2-6(9)5-3-4-10-7(5)8/h3-4,6,10H,2,9H2,1H3/t6-/m0/s1. The Labute approximate surface area is 65.4 Å². The van der Waals surface area contributed by atoms with E-state index in [-0.39, 0.29) is 6.04 Å². The fourth-order valence-electron chi connectivity index (χ4n) is 0.867. The highest BCUT2D eigenvalue weighted by Gasteiger charge is 2.07. The predicted octanol–water partition coefficient (Wildman–Crippen LogP) is 2.08. The zero-order chi connectivity index (χ0) is 7.56. The molecule has 1 aromatic rings. The van der Waals surface area contributed by atoms with Gasteiger partial charge in [0.15, 0.2) is 0 Å². The van der Waals surface area contributed by atoms with Crippen LogP contribution in [0, 0.1) is 0 Å². The lowest BCUT2D eigenvalue weighted by atomic mass is 10.1. The lowest BCUT2D eigenvalue weighted by Crippen LogP contribution is -2.07. The Morgan fingerprint density at radius 1 is 1.80 bits per heavy atom. The van der Waals surface area contributed by atoms with Gasteiger partial charge >= 0.3 is 0 Å². The minimum Gasteiger partial charge on any atom is -0.352 e. The Balaban J connectivity index is 2.82. The van der Waals surface area contributed by atoms with E-state index in [0.29, 0.717) is 5.15 Å². The van der Waals surface area contributed by atoms with Crippen LogP contribution < -0.4 is 5.73 Å². The average Bonchev–Trinajstić information content (AvgIpc) is 2.34. The monoisotopic (exact) mass is 158 g/mol. The van der Waals surface area contributed by atoms with Gasteiger partial charge in [0.1, 0.15) is 5.15 Å². The van der Waals surface area contributed by atoms with Gasteiger partial charge in [0.25, 0.3) is 0 Å². The number of aromatic amines is 1. The van der Waals surface area contributed by atoms with Crippen molar-refractivity contribution in [3.63, 3.8) is 0 Å². The van der Waals surface area contributed by atoms with Crippen LogP contribution in [0.4, 0.5) is 0 Å². The van der Waals surface area contributed by atoms with Crippen molar-refractivity contribution in [1.82, 2.24) is 4.98 Å². The first-order valence-corrected chi connectivity index (χ1v) is 3.71. The SMILES string of the molecule is CC[C@H](N)c1cc[nH]c1Cl. The third-order valence-corrected chi connectivity index (χ3v) is 1.89. The van der Waals surface area contributed by atoms with Crippen LogP contribution >= 0.6 is 11.6 Å². The molecule has 56 valence electrons. The maximum atomic E-state index is 5.78. The zero-order valence-corrected chi connectivity index (χ0v) is 6.65. The number of nitrogens with one attached hydrogen (secondary N) is 1. The zero-order valence-electron chi connectivity index (χ0n) is 5.89. The topological polar surface area (TPSA) is 41.8 Å². The van der Waals surface area contributed by atoms with Gasteiger partial charge in [-0.2, -0.15) is 0 Å². The average molecular weight is 159 g/mol. The molecule has 10 heavy (non-hydrogen) atoms. The van der Waals surface area contributed by atoms with Crippen molar-refractivity contribution in [2.75, 3.05) is 0 Å². The normalized spacial score (nSPS) is 13.5. The second-order valence-electron chi connectivity index (χ2n) is 2.26. The number of H-pyrrole nitrogens is 1. The lowest BCUT2D eigenvalue weighted by molar-refractivity contribution is 0.700. The smallest absolute Gasteiger partial charge is 0.111 e. The second-order valence-corrected chi connectivity index (χ2v) is 2.64. The van der Waals surface area contributed by atoms with E-state index < -0.39 is 0 Å². The molecule has 2 nitrogen and oxygen atoms in total. The van der Waals surface area contributed by atoms with E-state index in [1.54, 1.807) is 6.20 Å². The highest BCUT2D eigenvalue weighted by atomic mass is 35.5. The summed E-state index contributed by atoms with van der Waals surface area (Å²) in [5, 5.41) is 0.661. The largest absolute Gasteiger partial charge is 0.352 e. The molecule has 0 fully saturated rings. The van der Waals surface area contributed by atoms with E-state index in [2.05, 4.69) is 4.98 Å². The second kappa shape index (κ2) is 3.08. The van der Waals surface area contributed by atoms with Gasteiger partial charge in [0.2, 0.25) is 0 Å². The molecule has 0 aliphatic heterocycles. The molecular formula is C7H11ClN2. The predicted molar refractivity (Wildman–Crippen MR) is 43.0 cm³/mol. The number of hydrogen-bond acceptors (Lipinski definition) is 1. The van der Waals surface area contributed by atoms with Crippen molar-refractivity contribution < 1.29 is 0 Å². The summed E-state index contributed by atoms with van der Waals surface area (Å²) in [5.74, 6) is 0. The van der Waals surface area contributed by atoms with Crippen molar-refractivity contribution in [3.8, 4) is 0 Å². The molecule has 0 spiro atoms. The van der Waals surface area contributed by atoms with Crippen LogP contribution in [0.15, 0.2) is 12.3 Å². The molecule has 0 radical (unpaired) electrons. The first-order valence-electron chi connectivity index (χ1n) is 3.34. The molecule has 0 bridgehead atoms. The van der Waals surface area contributed by atoms with Crippen LogP contribution in [-0.2, 0) is 0 Å². The fourth-order valence-corrected chi connectivity index (χ4v) is 1.13. The molecule has 1 rings (SSSR count). The first kappa shape index (κ1) is 7.63. The maximum absolute atomic E-state index is 5.78. The number of rotatable bonds is 2. The van der Waals surface area contributed by atoms with Gasteiger partial charge in [-0.25, -0.2) is 0 Å². The Hall–Kier alpha value is -0.470. The molecule has 0 aliphatic rings. The summed E-state index contributed by atoms with van der Waals surface area (Å²) in [7, 11) is 0. The van der Waals surface area contributed by atoms with Crippen molar-refractivity contribution in [3.05, 3.63) is 23.0 Å². The van der Waals surface area contributed by atoms with Crippen LogP contribution in [-0.4, -0.2) is 4.98 Å². The van der Waals surface area contributed by atoms with Gasteiger partial charge < -0.3 is 10.7 Å². The highest BCUT2D eigenvalue weighted by Crippen LogP contribution is 2.21. The van der Waals surface area contributed by atoms with Crippen molar-refractivity contribution >= 4 is 11.6 Å². The minimum absolute atomic E-state index is 0.0683. The molecule has 1 heterocycles. The van der Waals surface area contributed by atoms with Crippen LogP contribution in [0.5, 0.6) is 0 Å². The molecule has 0 aliphatic carbocycles. The lowest BCUT2D eigenvalue weighted by Gasteiger charge is -2.05. The molecule has 0 aromatic carbocycles. The summed E-state index contributed by atoms with van der Waals surface area (Å²) in [4.78, 5) is 2.87. The number of nitrogens with two attached hydrogens (primary N) is 1. The number of aromatic nitrogens is 1. The first-order chi connectivity index (χ1) is 4.75. The van der Waals surface area contributed by atoms with Gasteiger partial charge in [-0.15, -0.1) is 0 Å². The van der Waals surface area contributed by atoms with Crippen LogP contribution in [0.25, 0.3) is 0 Å². The van der Waals surface area contributed by atoms with Crippen molar-refractivity contribution in [2.24, 2.45) is 5.73 Å². The Morgan fingerprint density at radius 2 is 2.50 bits per heavy atom. The Morgan fingerprint density at radius 3 is 2.90 bits per heavy atom. The Bertz CT molecular complexity index is 207. The molecule has 0 saturated carbocycles. The fraction of sp³-hybridized carbons (Fsp3) is 0.429. The quantitative estimate of drug-likeness (QED) is 0.680. The van der Waals surface area contributed by atoms with E-state index in [4.69, 9.17) is 17.3 Å². The van der Waals surface area contributed by atoms with Gasteiger partial charge in [-0.05, 0) is 12.5 Å². The minimum atomic E-state index is 0.0683. The van der Waals surface area contributed by atoms with E-state index in [1.807, 2.05) is 13.0 Å². The molecule has 1 atom stereocenters. The molecule has 0 unspecified atom stereocenters. The summed E-state index contributed by atoms with van der Waals surface area (Å²) in [6.45, 7) is 2.04. The van der Waals surface area contributed by atoms with Crippen molar-refractivity contribution in [1.29, 1.82) is 0 Å². The summed E-state index contributed by atoms with van der Waals surface area (Å²) in [5.41, 5.74) is 6.74. The van der Waals surface area contributed by atoms with Gasteiger partial charge in [0.05, 0.1) is 0 Å². The number of halogens is 1. The highest BCUT2D eigenvalue weighted by molar-refractivity contribution is 6.30. The molecule has 0 saturated heterocycles. The molecule has 1 aromatic heterocycles. The summed E-state index contributed by atoms with van der Waals surface area (Å²) in [6, 6.07) is 1.98. The van der Waals surface area contributed by atoms with Crippen LogP contribution in [0.3, 0.4) is 0 Å². The molecule has 3 N–H and O–H groups in total. The maximum Gasteiger partial charge on any atom is 0.111 e. The van der Waals surface area contributed by atoms with Gasteiger partial charge in [-0.3, -0.25) is 0 Å². The molecule has 3 heteroatoms. The van der Waals surface area contributed by atoms with Crippen LogP contribution in [0.1, 0.15) is 24.9 Å². The van der Waals surface area contributed by atoms with Crippen LogP contribution in [0.2, 0.25) is 5.15 Å². The molecule has 0 amide bonds. The third kappa shape index (κ3) is 1.33. The third-order valence-electron chi connectivity index (χ3n) is 1.57. The summed E-state index contributed by atoms with van der Waals surface area (Å²) in [6.07, 6.45) is 2.71. The molecular weight excluding hydrogens is 148 g/mol. The number of hydrogen-bond donors (Lipinski definition) is 2. The Kier molecular flexibility index (Phi) is 2.35. The van der Waals surface area contributed by atoms with Gasteiger partial charge in [0, 0.05) is 17.8 Å². The van der Waals surface area contributed by atoms with E-state index >= 15 is 0 Å². The van der Waals surface area contributed by atoms with E-state index in [1.165, 1.54) is 0 Å². The summed E-state index contributed by atoms with van der Waals surface area (Å²) >= 11 is 5.78.